The molecule has 0 aliphatic carbocycles. The Morgan fingerprint density at radius 2 is 1.91 bits per heavy atom. The number of thiazole rings is 1. The molecule has 8 heteroatoms. The molecule has 6 nitrogen and oxygen atoms in total. The largest absolute Gasteiger partial charge is 0.348 e. The summed E-state index contributed by atoms with van der Waals surface area (Å²) in [7, 11) is 6.28. The van der Waals surface area contributed by atoms with Crippen molar-refractivity contribution in [3.05, 3.63) is 36.4 Å². The van der Waals surface area contributed by atoms with E-state index in [1.807, 2.05) is 24.5 Å². The smallest absolute Gasteiger partial charge is 0.186 e. The molecule has 32 heavy (non-hydrogen) atoms. The van der Waals surface area contributed by atoms with Crippen LogP contribution in [0.5, 0.6) is 0 Å². The maximum Gasteiger partial charge on any atom is 0.186 e. The number of hydrogen-bond donors (Lipinski definition) is 0. The predicted molar refractivity (Wildman–Crippen MR) is 128 cm³/mol. The third-order valence-corrected chi connectivity index (χ3v) is 8.51. The molecule has 0 radical (unpaired) electrons. The van der Waals surface area contributed by atoms with Crippen LogP contribution in [0.1, 0.15) is 32.1 Å². The van der Waals surface area contributed by atoms with Gasteiger partial charge in [-0.25, -0.2) is 9.37 Å². The summed E-state index contributed by atoms with van der Waals surface area (Å²) in [6.07, 6.45) is 10.0. The van der Waals surface area contributed by atoms with Crippen molar-refractivity contribution in [3.63, 3.8) is 0 Å². The number of rotatable bonds is 3. The number of pyridine rings is 1. The Balaban J connectivity index is 1.31. The molecule has 0 N–H and O–H groups in total. The van der Waals surface area contributed by atoms with Crippen LogP contribution >= 0.6 is 11.3 Å². The molecule has 166 valence electrons. The molecule has 2 bridgehead atoms. The van der Waals surface area contributed by atoms with Gasteiger partial charge >= 0.3 is 0 Å². The Bertz CT molecular complexity index is 1300. The second-order valence-electron chi connectivity index (χ2n) is 9.37. The number of nitrogens with zero attached hydrogens (tertiary/aromatic N) is 6. The Morgan fingerprint density at radius 3 is 2.69 bits per heavy atom. The topological polar surface area (TPSA) is 50.1 Å². The average molecular weight is 451 g/mol. The third-order valence-electron chi connectivity index (χ3n) is 7.40. The molecule has 6 rings (SSSR count). The number of anilines is 1. The zero-order valence-electron chi connectivity index (χ0n) is 18.6. The Morgan fingerprint density at radius 1 is 1.12 bits per heavy atom. The quantitative estimate of drug-likeness (QED) is 0.447. The van der Waals surface area contributed by atoms with E-state index >= 15 is 0 Å². The number of halogens is 1. The van der Waals surface area contributed by atoms with Gasteiger partial charge in [0.15, 0.2) is 10.9 Å². The van der Waals surface area contributed by atoms with E-state index < -0.39 is 0 Å². The van der Waals surface area contributed by atoms with Crippen molar-refractivity contribution in [1.82, 2.24) is 24.6 Å². The Hall–Kier alpha value is -2.58. The van der Waals surface area contributed by atoms with E-state index in [0.29, 0.717) is 23.6 Å². The maximum absolute atomic E-state index is 14.6. The number of aryl methyl sites for hydroxylation is 1. The van der Waals surface area contributed by atoms with Crippen molar-refractivity contribution in [3.8, 4) is 11.3 Å². The van der Waals surface area contributed by atoms with E-state index in [1.54, 1.807) is 23.1 Å². The normalized spacial score (nSPS) is 23.8. The van der Waals surface area contributed by atoms with Gasteiger partial charge in [-0.3, -0.25) is 9.67 Å². The average Bonchev–Trinajstić information content (AvgIpc) is 3.35. The van der Waals surface area contributed by atoms with E-state index in [1.165, 1.54) is 38.2 Å². The molecule has 4 aromatic rings. The molecule has 2 fully saturated rings. The summed E-state index contributed by atoms with van der Waals surface area (Å²) in [6.45, 7) is 0. The SMILES string of the molecule is CN(c1nc2cnc(-c3cc(F)c4nn(C)cc4c3)cc2s1)C1CC2CCCC(C1)N2C. The first-order valence-electron chi connectivity index (χ1n) is 11.3. The summed E-state index contributed by atoms with van der Waals surface area (Å²) >= 11 is 1.70. The van der Waals surface area contributed by atoms with Crippen molar-refractivity contribution in [1.29, 1.82) is 0 Å². The maximum atomic E-state index is 14.6. The minimum absolute atomic E-state index is 0.322. The van der Waals surface area contributed by atoms with Crippen LogP contribution in [0.3, 0.4) is 0 Å². The van der Waals surface area contributed by atoms with Crippen LogP contribution in [-0.4, -0.2) is 56.9 Å². The highest BCUT2D eigenvalue weighted by atomic mass is 32.1. The van der Waals surface area contributed by atoms with Gasteiger partial charge in [-0.15, -0.1) is 0 Å². The fraction of sp³-hybridized carbons (Fsp3) is 0.458. The van der Waals surface area contributed by atoms with E-state index in [-0.39, 0.29) is 5.82 Å². The molecular weight excluding hydrogens is 423 g/mol. The van der Waals surface area contributed by atoms with Crippen molar-refractivity contribution < 1.29 is 4.39 Å². The zero-order chi connectivity index (χ0) is 22.0. The van der Waals surface area contributed by atoms with E-state index in [4.69, 9.17) is 4.98 Å². The highest BCUT2D eigenvalue weighted by Gasteiger charge is 2.38. The van der Waals surface area contributed by atoms with Crippen molar-refractivity contribution in [2.45, 2.75) is 50.2 Å². The van der Waals surface area contributed by atoms with Crippen molar-refractivity contribution in [2.24, 2.45) is 7.05 Å². The predicted octanol–water partition coefficient (Wildman–Crippen LogP) is 4.84. The van der Waals surface area contributed by atoms with Crippen LogP contribution in [0.15, 0.2) is 30.6 Å². The molecule has 3 aromatic heterocycles. The summed E-state index contributed by atoms with van der Waals surface area (Å²) in [5, 5.41) is 6.02. The summed E-state index contributed by atoms with van der Waals surface area (Å²) < 4.78 is 17.3. The van der Waals surface area contributed by atoms with Crippen LogP contribution in [0.25, 0.3) is 32.4 Å². The third kappa shape index (κ3) is 3.28. The van der Waals surface area contributed by atoms with Gasteiger partial charge in [-0.05, 0) is 50.9 Å². The minimum Gasteiger partial charge on any atom is -0.348 e. The van der Waals surface area contributed by atoms with Gasteiger partial charge in [0.2, 0.25) is 0 Å². The van der Waals surface area contributed by atoms with Crippen molar-refractivity contribution >= 4 is 37.6 Å². The molecule has 0 spiro atoms. The molecule has 2 atom stereocenters. The van der Waals surface area contributed by atoms with Crippen LogP contribution in [0, 0.1) is 5.82 Å². The molecular formula is C24H27FN6S. The molecule has 2 aliphatic heterocycles. The summed E-state index contributed by atoms with van der Waals surface area (Å²) in [5.74, 6) is -0.322. The molecule has 0 amide bonds. The second-order valence-corrected chi connectivity index (χ2v) is 10.4. The van der Waals surface area contributed by atoms with E-state index in [0.717, 1.165) is 32.0 Å². The first-order valence-corrected chi connectivity index (χ1v) is 12.1. The van der Waals surface area contributed by atoms with Gasteiger partial charge in [-0.1, -0.05) is 17.8 Å². The van der Waals surface area contributed by atoms with E-state index in [2.05, 4.69) is 34.0 Å². The lowest BCUT2D eigenvalue weighted by molar-refractivity contribution is 0.0559. The van der Waals surface area contributed by atoms with Crippen LogP contribution < -0.4 is 4.90 Å². The first kappa shape index (κ1) is 20.1. The summed E-state index contributed by atoms with van der Waals surface area (Å²) in [5.41, 5.74) is 2.81. The Kier molecular flexibility index (Phi) is 4.69. The van der Waals surface area contributed by atoms with Gasteiger partial charge in [0.05, 0.1) is 16.6 Å². The molecule has 5 heterocycles. The number of aromatic nitrogens is 4. The van der Waals surface area contributed by atoms with Gasteiger partial charge in [0.1, 0.15) is 11.0 Å². The van der Waals surface area contributed by atoms with Gasteiger partial charge in [-0.2, -0.15) is 5.10 Å². The summed E-state index contributed by atoms with van der Waals surface area (Å²) in [4.78, 5) is 14.5. The first-order chi connectivity index (χ1) is 15.5. The van der Waals surface area contributed by atoms with Gasteiger partial charge < -0.3 is 9.80 Å². The fourth-order valence-corrected chi connectivity index (χ4v) is 6.56. The monoisotopic (exact) mass is 450 g/mol. The molecule has 2 saturated heterocycles. The van der Waals surface area contributed by atoms with E-state index in [9.17, 15) is 4.39 Å². The lowest BCUT2D eigenvalue weighted by Crippen LogP contribution is -2.54. The highest BCUT2D eigenvalue weighted by Crippen LogP contribution is 2.38. The molecule has 1 aromatic carbocycles. The highest BCUT2D eigenvalue weighted by molar-refractivity contribution is 7.22. The number of hydrogen-bond acceptors (Lipinski definition) is 6. The van der Waals surface area contributed by atoms with Gasteiger partial charge in [0.25, 0.3) is 0 Å². The standard InChI is InChI=1S/C24H27FN6S/c1-29-13-15-7-14(8-19(25)23(15)28-29)20-11-22-21(12-26-20)27-24(32-22)31(3)18-9-16-5-4-6-17(10-18)30(16)2/h7-8,11-13,16-18H,4-6,9-10H2,1-3H3. The van der Waals surface area contributed by atoms with Crippen LogP contribution in [-0.2, 0) is 7.05 Å². The fourth-order valence-electron chi connectivity index (χ4n) is 5.55. The minimum atomic E-state index is -0.322. The zero-order valence-corrected chi connectivity index (χ0v) is 19.4. The lowest BCUT2D eigenvalue weighted by atomic mass is 9.82. The second kappa shape index (κ2) is 7.49. The van der Waals surface area contributed by atoms with Gasteiger partial charge in [0, 0.05) is 49.4 Å². The Labute approximate surface area is 190 Å². The number of fused-ring (bicyclic) bond motifs is 4. The number of benzene rings is 1. The molecule has 2 unspecified atom stereocenters. The molecule has 2 aliphatic rings. The van der Waals surface area contributed by atoms with Crippen molar-refractivity contribution in [2.75, 3.05) is 19.0 Å². The lowest BCUT2D eigenvalue weighted by Gasteiger charge is -2.49. The summed E-state index contributed by atoms with van der Waals surface area (Å²) in [6, 6.07) is 7.41. The molecule has 0 saturated carbocycles. The van der Waals surface area contributed by atoms with Crippen LogP contribution in [0.2, 0.25) is 0 Å². The van der Waals surface area contributed by atoms with Crippen LogP contribution in [0.4, 0.5) is 9.52 Å². The number of piperidine rings is 2.